The lowest BCUT2D eigenvalue weighted by atomic mass is 10.1. The first-order valence-corrected chi connectivity index (χ1v) is 12.6. The van der Waals surface area contributed by atoms with E-state index in [1.54, 1.807) is 11.3 Å². The number of nitrogens with zero attached hydrogens (tertiary/aromatic N) is 2. The Hall–Kier alpha value is -3.73. The maximum atomic E-state index is 4.61. The van der Waals surface area contributed by atoms with Gasteiger partial charge in [-0.05, 0) is 42.5 Å². The van der Waals surface area contributed by atoms with Gasteiger partial charge in [-0.15, -0.1) is 22.7 Å². The van der Waals surface area contributed by atoms with Crippen LogP contribution in [0.4, 0.5) is 0 Å². The van der Waals surface area contributed by atoms with Crippen LogP contribution in [0.5, 0.6) is 0 Å². The van der Waals surface area contributed by atoms with Gasteiger partial charge in [0.2, 0.25) is 0 Å². The maximum absolute atomic E-state index is 4.61. The van der Waals surface area contributed by atoms with E-state index in [0.717, 1.165) is 4.83 Å². The monoisotopic (exact) mass is 456 g/mol. The smallest absolute Gasteiger partial charge is 0.124 e. The molecule has 0 N–H and O–H groups in total. The second-order valence-corrected chi connectivity index (χ2v) is 10.5. The van der Waals surface area contributed by atoms with Crippen molar-refractivity contribution in [2.75, 3.05) is 0 Å². The highest BCUT2D eigenvalue weighted by atomic mass is 32.1. The zero-order valence-electron chi connectivity index (χ0n) is 17.4. The Balaban J connectivity index is 1.57. The van der Waals surface area contributed by atoms with E-state index in [4.69, 9.17) is 0 Å². The SMILES string of the molecule is c1ccc2c(c1)sc1c(-n3c4ccccc4c4cc5c(cc43)sc3ncccc35)cccc12. The van der Waals surface area contributed by atoms with Crippen LogP contribution in [-0.4, -0.2) is 9.55 Å². The van der Waals surface area contributed by atoms with E-state index >= 15 is 0 Å². The van der Waals surface area contributed by atoms with Crippen LogP contribution in [0.15, 0.2) is 97.2 Å². The van der Waals surface area contributed by atoms with Crippen LogP contribution < -0.4 is 0 Å². The van der Waals surface area contributed by atoms with E-state index in [9.17, 15) is 0 Å². The summed E-state index contributed by atoms with van der Waals surface area (Å²) in [6, 6.07) is 33.2. The fourth-order valence-corrected chi connectivity index (χ4v) is 7.51. The molecule has 4 heterocycles. The van der Waals surface area contributed by atoms with Gasteiger partial charge in [-0.25, -0.2) is 4.98 Å². The Labute approximate surface area is 196 Å². The number of thiophene rings is 2. The van der Waals surface area contributed by atoms with Crippen molar-refractivity contribution in [3.05, 3.63) is 97.2 Å². The highest BCUT2D eigenvalue weighted by Gasteiger charge is 2.18. The molecule has 0 atom stereocenters. The van der Waals surface area contributed by atoms with Crippen LogP contribution in [0, 0.1) is 0 Å². The van der Waals surface area contributed by atoms with Crippen molar-refractivity contribution in [1.29, 1.82) is 0 Å². The fourth-order valence-electron chi connectivity index (χ4n) is 5.24. The first kappa shape index (κ1) is 17.8. The molecule has 154 valence electrons. The first-order valence-electron chi connectivity index (χ1n) is 11.0. The largest absolute Gasteiger partial charge is 0.308 e. The number of aromatic nitrogens is 2. The van der Waals surface area contributed by atoms with Gasteiger partial charge in [0.25, 0.3) is 0 Å². The van der Waals surface area contributed by atoms with Crippen molar-refractivity contribution in [3.8, 4) is 5.69 Å². The second-order valence-electron chi connectivity index (χ2n) is 8.43. The summed E-state index contributed by atoms with van der Waals surface area (Å²) in [5.41, 5.74) is 3.75. The molecule has 8 aromatic rings. The molecular weight excluding hydrogens is 440 g/mol. The second kappa shape index (κ2) is 6.41. The Morgan fingerprint density at radius 2 is 1.36 bits per heavy atom. The van der Waals surface area contributed by atoms with Crippen molar-refractivity contribution < 1.29 is 0 Å². The van der Waals surface area contributed by atoms with Gasteiger partial charge in [0.05, 0.1) is 21.4 Å². The third kappa shape index (κ3) is 2.34. The Morgan fingerprint density at radius 1 is 0.545 bits per heavy atom. The minimum atomic E-state index is 1.10. The molecule has 8 rings (SSSR count). The standard InChI is InChI=1S/C29H16N2S2/c1-3-11-23-17(7-1)21-15-22-20-10-6-14-30-29(20)33-27(22)16-25(21)31(23)24-12-5-9-19-18-8-2-4-13-26(18)32-28(19)24/h1-16H. The van der Waals surface area contributed by atoms with E-state index in [1.165, 1.54) is 63.1 Å². The average Bonchev–Trinajstić information content (AvgIpc) is 3.52. The van der Waals surface area contributed by atoms with Crippen molar-refractivity contribution in [1.82, 2.24) is 9.55 Å². The van der Waals surface area contributed by atoms with Crippen LogP contribution in [0.2, 0.25) is 0 Å². The number of fused-ring (bicyclic) bond motifs is 9. The summed E-state index contributed by atoms with van der Waals surface area (Å²) < 4.78 is 6.40. The Bertz CT molecular complexity index is 2040. The van der Waals surface area contributed by atoms with Gasteiger partial charge in [-0.3, -0.25) is 0 Å². The third-order valence-electron chi connectivity index (χ3n) is 6.67. The molecule has 0 spiro atoms. The number of rotatable bonds is 1. The zero-order chi connectivity index (χ0) is 21.5. The zero-order valence-corrected chi connectivity index (χ0v) is 19.1. The molecular formula is C29H16N2S2. The summed E-state index contributed by atoms with van der Waals surface area (Å²) >= 11 is 3.66. The van der Waals surface area contributed by atoms with E-state index in [1.807, 2.05) is 23.6 Å². The highest BCUT2D eigenvalue weighted by Crippen LogP contribution is 2.43. The van der Waals surface area contributed by atoms with Gasteiger partial charge < -0.3 is 4.57 Å². The molecule has 4 aromatic heterocycles. The van der Waals surface area contributed by atoms with Gasteiger partial charge in [-0.2, -0.15) is 0 Å². The highest BCUT2D eigenvalue weighted by molar-refractivity contribution is 7.26. The number of benzene rings is 4. The van der Waals surface area contributed by atoms with E-state index < -0.39 is 0 Å². The van der Waals surface area contributed by atoms with E-state index in [-0.39, 0.29) is 0 Å². The van der Waals surface area contributed by atoms with Crippen LogP contribution >= 0.6 is 22.7 Å². The van der Waals surface area contributed by atoms with Crippen LogP contribution in [0.3, 0.4) is 0 Å². The third-order valence-corrected chi connectivity index (χ3v) is 8.95. The molecule has 0 fully saturated rings. The molecule has 33 heavy (non-hydrogen) atoms. The van der Waals surface area contributed by atoms with Gasteiger partial charge >= 0.3 is 0 Å². The lowest BCUT2D eigenvalue weighted by Crippen LogP contribution is -1.93. The maximum Gasteiger partial charge on any atom is 0.124 e. The molecule has 4 heteroatoms. The van der Waals surface area contributed by atoms with Crippen LogP contribution in [0.25, 0.3) is 68.0 Å². The molecule has 0 aliphatic rings. The van der Waals surface area contributed by atoms with Crippen molar-refractivity contribution in [3.63, 3.8) is 0 Å². The van der Waals surface area contributed by atoms with E-state index in [0.29, 0.717) is 0 Å². The topological polar surface area (TPSA) is 17.8 Å². The lowest BCUT2D eigenvalue weighted by molar-refractivity contribution is 1.20. The normalized spacial score (nSPS) is 12.2. The summed E-state index contributed by atoms with van der Waals surface area (Å²) in [5.74, 6) is 0. The summed E-state index contributed by atoms with van der Waals surface area (Å²) in [6.07, 6.45) is 1.88. The molecule has 0 unspecified atom stereocenters. The van der Waals surface area contributed by atoms with Crippen molar-refractivity contribution in [2.45, 2.75) is 0 Å². The number of para-hydroxylation sites is 1. The quantitative estimate of drug-likeness (QED) is 0.241. The summed E-state index contributed by atoms with van der Waals surface area (Å²) in [7, 11) is 0. The molecule has 0 radical (unpaired) electrons. The average molecular weight is 457 g/mol. The number of hydrogen-bond acceptors (Lipinski definition) is 3. The fraction of sp³-hybridized carbons (Fsp3) is 0. The van der Waals surface area contributed by atoms with Crippen molar-refractivity contribution in [2.24, 2.45) is 0 Å². The van der Waals surface area contributed by atoms with Gasteiger partial charge in [0.15, 0.2) is 0 Å². The summed E-state index contributed by atoms with van der Waals surface area (Å²) in [4.78, 5) is 5.71. The van der Waals surface area contributed by atoms with Gasteiger partial charge in [-0.1, -0.05) is 48.5 Å². The van der Waals surface area contributed by atoms with E-state index in [2.05, 4.69) is 94.5 Å². The lowest BCUT2D eigenvalue weighted by Gasteiger charge is -2.09. The van der Waals surface area contributed by atoms with Crippen LogP contribution in [-0.2, 0) is 0 Å². The predicted octanol–water partition coefficient (Wildman–Crippen LogP) is 8.91. The molecule has 0 aliphatic carbocycles. The minimum absolute atomic E-state index is 1.10. The minimum Gasteiger partial charge on any atom is -0.308 e. The first-order chi connectivity index (χ1) is 16.4. The summed E-state index contributed by atoms with van der Waals surface area (Å²) in [6.45, 7) is 0. The molecule has 2 nitrogen and oxygen atoms in total. The van der Waals surface area contributed by atoms with Crippen molar-refractivity contribution >= 4 is 85.0 Å². The molecule has 0 saturated heterocycles. The van der Waals surface area contributed by atoms with Gasteiger partial charge in [0.1, 0.15) is 4.83 Å². The predicted molar refractivity (Wildman–Crippen MR) is 144 cm³/mol. The number of pyridine rings is 1. The Morgan fingerprint density at radius 3 is 2.33 bits per heavy atom. The molecule has 4 aromatic carbocycles. The van der Waals surface area contributed by atoms with Gasteiger partial charge in [0, 0.05) is 47.9 Å². The Kier molecular flexibility index (Phi) is 3.45. The molecule has 0 amide bonds. The molecule has 0 saturated carbocycles. The number of hydrogen-bond donors (Lipinski definition) is 0. The summed E-state index contributed by atoms with van der Waals surface area (Å²) in [5, 5.41) is 7.76. The molecule has 0 aliphatic heterocycles. The van der Waals surface area contributed by atoms with Crippen LogP contribution in [0.1, 0.15) is 0 Å². The molecule has 0 bridgehead atoms.